The Bertz CT molecular complexity index is 887. The lowest BCUT2D eigenvalue weighted by Crippen LogP contribution is -2.16. The summed E-state index contributed by atoms with van der Waals surface area (Å²) in [5, 5.41) is 0. The van der Waals surface area contributed by atoms with Gasteiger partial charge in [0, 0.05) is 5.69 Å². The highest BCUT2D eigenvalue weighted by atomic mass is 19.1. The Balaban J connectivity index is 2.15. The molecule has 0 atom stereocenters. The predicted molar refractivity (Wildman–Crippen MR) is 93.8 cm³/mol. The summed E-state index contributed by atoms with van der Waals surface area (Å²) in [7, 11) is 1.35. The van der Waals surface area contributed by atoms with Crippen LogP contribution in [-0.4, -0.2) is 43.0 Å². The highest BCUT2D eigenvalue weighted by Gasteiger charge is 2.24. The summed E-state index contributed by atoms with van der Waals surface area (Å²) < 4.78 is 28.4. The molecule has 0 aliphatic carbocycles. The first-order valence-corrected chi connectivity index (χ1v) is 8.20. The monoisotopic (exact) mass is 377 g/mol. The number of H-pyrrole nitrogens is 1. The van der Waals surface area contributed by atoms with E-state index >= 15 is 0 Å². The van der Waals surface area contributed by atoms with Crippen LogP contribution in [0.15, 0.2) is 18.2 Å². The number of aryl methyl sites for hydroxylation is 1. The minimum atomic E-state index is -0.810. The van der Waals surface area contributed by atoms with Gasteiger partial charge in [0.1, 0.15) is 17.3 Å². The fourth-order valence-corrected chi connectivity index (χ4v) is 2.64. The summed E-state index contributed by atoms with van der Waals surface area (Å²) in [4.78, 5) is 39.3. The van der Waals surface area contributed by atoms with Crippen LogP contribution in [0, 0.1) is 19.7 Å². The second kappa shape index (κ2) is 8.48. The van der Waals surface area contributed by atoms with Crippen LogP contribution in [0.4, 0.5) is 4.39 Å². The number of hydrogen-bond acceptors (Lipinski definition) is 6. The molecule has 0 radical (unpaired) electrons. The molecule has 2 aromatic rings. The molecule has 0 aliphatic heterocycles. The van der Waals surface area contributed by atoms with Crippen molar-refractivity contribution >= 4 is 17.7 Å². The molecule has 1 aromatic carbocycles. The van der Waals surface area contributed by atoms with Gasteiger partial charge in [-0.3, -0.25) is 4.79 Å². The van der Waals surface area contributed by atoms with E-state index in [2.05, 4.69) is 4.98 Å². The molecule has 0 fully saturated rings. The molecule has 27 heavy (non-hydrogen) atoms. The highest BCUT2D eigenvalue weighted by molar-refractivity contribution is 6.02. The molecule has 0 aliphatic rings. The molecule has 144 valence electrons. The van der Waals surface area contributed by atoms with Gasteiger partial charge in [-0.2, -0.15) is 0 Å². The van der Waals surface area contributed by atoms with Crippen LogP contribution in [0.1, 0.15) is 49.4 Å². The zero-order chi connectivity index (χ0) is 20.1. The third kappa shape index (κ3) is 4.33. The number of nitrogens with one attached hydrogen (secondary N) is 1. The van der Waals surface area contributed by atoms with E-state index in [0.29, 0.717) is 11.3 Å². The van der Waals surface area contributed by atoms with Crippen LogP contribution >= 0.6 is 0 Å². The van der Waals surface area contributed by atoms with E-state index in [0.717, 1.165) is 12.1 Å². The van der Waals surface area contributed by atoms with Gasteiger partial charge in [-0.25, -0.2) is 14.0 Å². The van der Waals surface area contributed by atoms with E-state index < -0.39 is 30.1 Å². The van der Waals surface area contributed by atoms with Crippen molar-refractivity contribution in [2.45, 2.75) is 20.8 Å². The molecule has 0 unspecified atom stereocenters. The molecular formula is C19H20FNO6. The minimum absolute atomic E-state index is 0.0306. The van der Waals surface area contributed by atoms with E-state index in [1.807, 2.05) is 0 Å². The Hall–Kier alpha value is -3.16. The minimum Gasteiger partial charge on any atom is -0.496 e. The normalized spacial score (nSPS) is 10.4. The first-order chi connectivity index (χ1) is 12.8. The van der Waals surface area contributed by atoms with Crippen LogP contribution in [0.3, 0.4) is 0 Å². The SMILES string of the molecule is CCOC(=O)c1c(C)[nH]c(C(=O)OCC(=O)c2cc(F)ccc2OC)c1C. The molecule has 1 N–H and O–H groups in total. The maximum Gasteiger partial charge on any atom is 0.355 e. The summed E-state index contributed by atoms with van der Waals surface area (Å²) in [6, 6.07) is 3.48. The van der Waals surface area contributed by atoms with Crippen LogP contribution in [-0.2, 0) is 9.47 Å². The molecule has 1 heterocycles. The van der Waals surface area contributed by atoms with Gasteiger partial charge >= 0.3 is 11.9 Å². The molecule has 0 spiro atoms. The Morgan fingerprint density at radius 3 is 2.44 bits per heavy atom. The van der Waals surface area contributed by atoms with Gasteiger partial charge in [0.15, 0.2) is 6.61 Å². The number of benzene rings is 1. The average Bonchev–Trinajstić information content (AvgIpc) is 2.94. The predicted octanol–water partition coefficient (Wildman–Crippen LogP) is 3.00. The van der Waals surface area contributed by atoms with Crippen molar-refractivity contribution < 1.29 is 33.0 Å². The Morgan fingerprint density at radius 2 is 1.81 bits per heavy atom. The lowest BCUT2D eigenvalue weighted by molar-refractivity contribution is 0.0468. The maximum atomic E-state index is 13.4. The molecule has 7 nitrogen and oxygen atoms in total. The number of hydrogen-bond donors (Lipinski definition) is 1. The lowest BCUT2D eigenvalue weighted by atomic mass is 10.1. The number of ketones is 1. The van der Waals surface area contributed by atoms with Gasteiger partial charge in [0.05, 0.1) is 24.8 Å². The number of halogens is 1. The Labute approximate surface area is 155 Å². The summed E-state index contributed by atoms with van der Waals surface area (Å²) in [6.45, 7) is 4.47. The summed E-state index contributed by atoms with van der Waals surface area (Å²) in [5.74, 6) is -2.42. The topological polar surface area (TPSA) is 94.7 Å². The number of carbonyl (C=O) groups excluding carboxylic acids is 3. The van der Waals surface area contributed by atoms with E-state index in [1.54, 1.807) is 20.8 Å². The van der Waals surface area contributed by atoms with Crippen LogP contribution in [0.25, 0.3) is 0 Å². The number of ether oxygens (including phenoxy) is 3. The van der Waals surface area contributed by atoms with Gasteiger partial charge < -0.3 is 19.2 Å². The molecule has 0 bridgehead atoms. The third-order valence-corrected chi connectivity index (χ3v) is 3.92. The standard InChI is InChI=1S/C19H20FNO6/c1-5-26-18(23)16-10(2)17(21-11(16)3)19(24)27-9-14(22)13-8-12(20)6-7-15(13)25-4/h6-8,21H,5,9H2,1-4H3. The summed E-state index contributed by atoms with van der Waals surface area (Å²) in [6.07, 6.45) is 0. The Morgan fingerprint density at radius 1 is 1.11 bits per heavy atom. The average molecular weight is 377 g/mol. The van der Waals surface area contributed by atoms with Crippen molar-refractivity contribution in [3.8, 4) is 5.75 Å². The molecule has 1 aromatic heterocycles. The van der Waals surface area contributed by atoms with E-state index in [-0.39, 0.29) is 29.2 Å². The van der Waals surface area contributed by atoms with Gasteiger partial charge in [0.25, 0.3) is 0 Å². The molecular weight excluding hydrogens is 357 g/mol. The smallest absolute Gasteiger partial charge is 0.355 e. The number of aromatic amines is 1. The van der Waals surface area contributed by atoms with Crippen molar-refractivity contribution in [1.29, 1.82) is 0 Å². The van der Waals surface area contributed by atoms with Crippen molar-refractivity contribution in [3.63, 3.8) is 0 Å². The Kier molecular flexibility index (Phi) is 6.33. The third-order valence-electron chi connectivity index (χ3n) is 3.92. The molecule has 8 heteroatoms. The van der Waals surface area contributed by atoms with Crippen molar-refractivity contribution in [1.82, 2.24) is 4.98 Å². The molecule has 2 rings (SSSR count). The second-order valence-corrected chi connectivity index (χ2v) is 5.69. The first kappa shape index (κ1) is 20.2. The fraction of sp³-hybridized carbons (Fsp3) is 0.316. The van der Waals surface area contributed by atoms with Crippen molar-refractivity contribution in [2.24, 2.45) is 0 Å². The van der Waals surface area contributed by atoms with Crippen molar-refractivity contribution in [3.05, 3.63) is 52.1 Å². The first-order valence-electron chi connectivity index (χ1n) is 8.20. The largest absolute Gasteiger partial charge is 0.496 e. The zero-order valence-electron chi connectivity index (χ0n) is 15.5. The quantitative estimate of drug-likeness (QED) is 0.589. The second-order valence-electron chi connectivity index (χ2n) is 5.69. The van der Waals surface area contributed by atoms with Gasteiger partial charge in [-0.1, -0.05) is 0 Å². The lowest BCUT2D eigenvalue weighted by Gasteiger charge is -2.08. The van der Waals surface area contributed by atoms with E-state index in [9.17, 15) is 18.8 Å². The molecule has 0 saturated carbocycles. The number of esters is 2. The summed E-state index contributed by atoms with van der Waals surface area (Å²) in [5.41, 5.74) is 1.09. The van der Waals surface area contributed by atoms with Crippen LogP contribution in [0.5, 0.6) is 5.75 Å². The number of carbonyl (C=O) groups is 3. The summed E-state index contributed by atoms with van der Waals surface area (Å²) >= 11 is 0. The number of methoxy groups -OCH3 is 1. The fourth-order valence-electron chi connectivity index (χ4n) is 2.64. The van der Waals surface area contributed by atoms with Crippen LogP contribution in [0.2, 0.25) is 0 Å². The van der Waals surface area contributed by atoms with Crippen molar-refractivity contribution in [2.75, 3.05) is 20.3 Å². The molecule has 0 saturated heterocycles. The highest BCUT2D eigenvalue weighted by Crippen LogP contribution is 2.22. The zero-order valence-corrected chi connectivity index (χ0v) is 15.5. The number of aromatic nitrogens is 1. The number of rotatable bonds is 7. The van der Waals surface area contributed by atoms with Gasteiger partial charge in [0.2, 0.25) is 5.78 Å². The molecule has 0 amide bonds. The number of Topliss-reactive ketones (excluding diaryl/α,β-unsaturated/α-hetero) is 1. The van der Waals surface area contributed by atoms with E-state index in [1.165, 1.54) is 13.2 Å². The van der Waals surface area contributed by atoms with Gasteiger partial charge in [-0.15, -0.1) is 0 Å². The van der Waals surface area contributed by atoms with Crippen LogP contribution < -0.4 is 4.74 Å². The maximum absolute atomic E-state index is 13.4. The van der Waals surface area contributed by atoms with E-state index in [4.69, 9.17) is 14.2 Å². The van der Waals surface area contributed by atoms with Gasteiger partial charge in [-0.05, 0) is 44.5 Å².